The first-order valence-corrected chi connectivity index (χ1v) is 27.8. The summed E-state index contributed by atoms with van der Waals surface area (Å²) in [7, 11) is 1.24. The van der Waals surface area contributed by atoms with Crippen LogP contribution in [0, 0.1) is 30.3 Å². The van der Waals surface area contributed by atoms with Crippen molar-refractivity contribution in [3.8, 4) is 0 Å². The van der Waals surface area contributed by atoms with Gasteiger partial charge in [-0.05, 0) is 106 Å². The molecule has 1 unspecified atom stereocenters. The highest BCUT2D eigenvalue weighted by Crippen LogP contribution is 2.35. The zero-order chi connectivity index (χ0) is 65.3. The van der Waals surface area contributed by atoms with Crippen molar-refractivity contribution in [2.24, 2.45) is 0 Å². The number of nitro benzene ring substituents is 3. The van der Waals surface area contributed by atoms with Gasteiger partial charge in [0, 0.05) is 56.5 Å². The topological polar surface area (TPSA) is 473 Å². The Labute approximate surface area is 507 Å². The van der Waals surface area contributed by atoms with E-state index >= 15 is 0 Å². The molecule has 89 heavy (non-hydrogen) atoms. The average molecular weight is 1260 g/mol. The van der Waals surface area contributed by atoms with Gasteiger partial charge >= 0.3 is 24.4 Å². The predicted molar refractivity (Wildman–Crippen MR) is 302 cm³/mol. The third-order valence-electron chi connectivity index (χ3n) is 14.0. The molecule has 3 aliphatic rings. The molecule has 11 N–H and O–H groups in total. The summed E-state index contributed by atoms with van der Waals surface area (Å²) in [5, 5.41) is 114. The Bertz CT molecular complexity index is 2950. The maximum absolute atomic E-state index is 14.1. The number of carbonyl (C=O) groups is 5. The molecule has 2 fully saturated rings. The molecule has 34 nitrogen and oxygen atoms in total. The Morgan fingerprint density at radius 1 is 0.719 bits per heavy atom. The fourth-order valence-electron chi connectivity index (χ4n) is 9.50. The molecule has 0 spiro atoms. The van der Waals surface area contributed by atoms with Gasteiger partial charge in [0.25, 0.3) is 17.1 Å². The van der Waals surface area contributed by atoms with Crippen LogP contribution in [0.15, 0.2) is 84.6 Å². The molecule has 13 atom stereocenters. The number of non-ortho nitro benzene ring substituents is 3. The fourth-order valence-corrected chi connectivity index (χ4v) is 9.50. The average Bonchev–Trinajstić information content (AvgIpc) is 0.813. The Hall–Kier alpha value is -8.45. The van der Waals surface area contributed by atoms with Crippen molar-refractivity contribution in [3.05, 3.63) is 132 Å². The van der Waals surface area contributed by atoms with E-state index in [1.807, 2.05) is 0 Å². The molecule has 3 aromatic rings. The summed E-state index contributed by atoms with van der Waals surface area (Å²) >= 11 is 0. The van der Waals surface area contributed by atoms with E-state index in [-0.39, 0.29) is 62.1 Å². The van der Waals surface area contributed by atoms with Crippen LogP contribution in [0.2, 0.25) is 0 Å². The number of likely N-dealkylation sites (N-methyl/N-ethyl adjacent to an activating group) is 1. The zero-order valence-electron chi connectivity index (χ0n) is 48.9. The molecule has 1 aliphatic carbocycles. The summed E-state index contributed by atoms with van der Waals surface area (Å²) in [6, 6.07) is 9.47. The molecule has 1 saturated carbocycles. The number of rotatable bonds is 26. The quantitative estimate of drug-likeness (QED) is 0.0306. The molecule has 2 aliphatic heterocycles. The maximum atomic E-state index is 14.1. The van der Waals surface area contributed by atoms with Gasteiger partial charge in [0.15, 0.2) is 6.29 Å². The van der Waals surface area contributed by atoms with Crippen LogP contribution in [-0.2, 0) is 62.5 Å². The van der Waals surface area contributed by atoms with Crippen molar-refractivity contribution in [2.75, 3.05) is 39.9 Å². The molecule has 0 aromatic heterocycles. The molecular formula is C55H73N9O25. The van der Waals surface area contributed by atoms with E-state index in [9.17, 15) is 85.0 Å². The van der Waals surface area contributed by atoms with E-state index in [0.717, 1.165) is 4.90 Å². The number of nitrogens with one attached hydrogen (secondary N) is 5. The number of carbonyl (C=O) groups excluding carboxylic acids is 5. The predicted octanol–water partition coefficient (Wildman–Crippen LogP) is 1.28. The lowest BCUT2D eigenvalue weighted by molar-refractivity contribution is -0.385. The van der Waals surface area contributed by atoms with E-state index in [0.29, 0.717) is 16.7 Å². The lowest BCUT2D eigenvalue weighted by atomic mass is 9.82. The van der Waals surface area contributed by atoms with Gasteiger partial charge in [-0.2, -0.15) is 0 Å². The molecule has 2 heterocycles. The number of alkyl carbamates (subject to hydrolysis) is 3. The standard InChI is InChI=1S/C55H73N9O25/c1-54(2,3)89-53(74)61(5)46-43(69)49(85-29-55(46,4)75)88-44-39(58-47(70)41(67)20-21-57-50(71)82-26-30-6-12-33(13-7-30)62(76)77)22-40(60-52(73)84-28-32-10-16-35(17-11-32)64(80)81)45(42(44)68)87-48-38(19-18-37(86-48)24-56-23-36(66)25-65)59-51(72)83-27-31-8-14-34(15-9-31)63(78)79/h6-18,36,38-46,48-49,56,65-69,75H,19-29H2,1-5H3,(H,57,71)(H,58,70)(H,59,72)(H,60,73)/t36?,38-,39-,40+,41-,42-,43-,44+,45-,46-,48-,49-,55+/m1/s1. The summed E-state index contributed by atoms with van der Waals surface area (Å²) in [6.07, 6.45) is -18.1. The smallest absolute Gasteiger partial charge is 0.410 e. The van der Waals surface area contributed by atoms with Crippen molar-refractivity contribution in [3.63, 3.8) is 0 Å². The van der Waals surface area contributed by atoms with Gasteiger partial charge in [-0.3, -0.25) is 35.1 Å². The zero-order valence-corrected chi connectivity index (χ0v) is 48.9. The number of benzene rings is 3. The van der Waals surface area contributed by atoms with Crippen LogP contribution in [0.1, 0.15) is 63.6 Å². The molecule has 488 valence electrons. The highest BCUT2D eigenvalue weighted by atomic mass is 16.7. The van der Waals surface area contributed by atoms with Gasteiger partial charge < -0.3 is 100 Å². The Morgan fingerprint density at radius 3 is 1.67 bits per heavy atom. The van der Waals surface area contributed by atoms with Gasteiger partial charge in [-0.1, -0.05) is 0 Å². The first-order chi connectivity index (χ1) is 42.0. The van der Waals surface area contributed by atoms with E-state index < -0.39 is 162 Å². The Balaban J connectivity index is 1.31. The second-order valence-corrected chi connectivity index (χ2v) is 22.2. The lowest BCUT2D eigenvalue weighted by Gasteiger charge is -2.50. The van der Waals surface area contributed by atoms with Crippen molar-refractivity contribution < 1.29 is 107 Å². The van der Waals surface area contributed by atoms with Crippen molar-refractivity contribution in [2.45, 2.75) is 151 Å². The first kappa shape index (κ1) is 69.6. The maximum Gasteiger partial charge on any atom is 0.410 e. The van der Waals surface area contributed by atoms with Crippen LogP contribution < -0.4 is 26.6 Å². The van der Waals surface area contributed by atoms with Gasteiger partial charge in [0.05, 0.1) is 64.8 Å². The number of aliphatic hydroxyl groups excluding tert-OH is 5. The number of nitrogens with zero attached hydrogens (tertiary/aromatic N) is 4. The summed E-state index contributed by atoms with van der Waals surface area (Å²) in [5.41, 5.74) is -2.63. The number of aliphatic hydroxyl groups is 6. The highest BCUT2D eigenvalue weighted by Gasteiger charge is 2.55. The minimum Gasteiger partial charge on any atom is -0.466 e. The summed E-state index contributed by atoms with van der Waals surface area (Å²) in [6.45, 7) is 3.06. The van der Waals surface area contributed by atoms with Crippen molar-refractivity contribution in [1.82, 2.24) is 31.5 Å². The molecule has 1 saturated heterocycles. The highest BCUT2D eigenvalue weighted by molar-refractivity contribution is 5.81. The van der Waals surface area contributed by atoms with Crippen LogP contribution >= 0.6 is 0 Å². The fraction of sp³-hybridized carbons (Fsp3) is 0.545. The van der Waals surface area contributed by atoms with E-state index in [2.05, 4.69) is 26.6 Å². The van der Waals surface area contributed by atoms with Crippen LogP contribution in [0.25, 0.3) is 0 Å². The molecule has 3 aromatic carbocycles. The van der Waals surface area contributed by atoms with E-state index in [1.165, 1.54) is 92.8 Å². The van der Waals surface area contributed by atoms with Gasteiger partial charge in [0.1, 0.15) is 67.3 Å². The molecule has 0 bridgehead atoms. The number of ether oxygens (including phenoxy) is 8. The number of amides is 5. The third kappa shape index (κ3) is 20.6. The number of nitro groups is 3. The second kappa shape index (κ2) is 31.6. The largest absolute Gasteiger partial charge is 0.466 e. The van der Waals surface area contributed by atoms with Crippen LogP contribution in [0.5, 0.6) is 0 Å². The van der Waals surface area contributed by atoms with Crippen molar-refractivity contribution >= 4 is 47.3 Å². The van der Waals surface area contributed by atoms with Crippen LogP contribution in [0.3, 0.4) is 0 Å². The number of hydrogen-bond donors (Lipinski definition) is 11. The second-order valence-electron chi connectivity index (χ2n) is 22.2. The van der Waals surface area contributed by atoms with E-state index in [4.69, 9.17) is 37.9 Å². The molecular weight excluding hydrogens is 1190 g/mol. The molecule has 6 rings (SSSR count). The van der Waals surface area contributed by atoms with Gasteiger partial charge in [-0.25, -0.2) is 19.2 Å². The minimum absolute atomic E-state index is 0.0908. The Morgan fingerprint density at radius 2 is 1.19 bits per heavy atom. The summed E-state index contributed by atoms with van der Waals surface area (Å²) in [4.78, 5) is 100. The van der Waals surface area contributed by atoms with Crippen molar-refractivity contribution in [1.29, 1.82) is 0 Å². The molecule has 34 heteroatoms. The number of hydrogen-bond acceptors (Lipinski definition) is 26. The SMILES string of the molecule is CN(C(=O)OC(C)(C)C)[C@@H]1[C@@H](O)[C@@H](O[C@@H]2[C@@H](O)[C@H](O[C@H]3OC(CNCC(O)CO)=CC[C@H]3NC(=O)OCc3ccc([N+](=O)[O-])cc3)[C@@H](NC(=O)OCc3ccc([N+](=O)[O-])cc3)C[C@H]2NC(=O)[C@H](O)CCNC(=O)OCc2ccc([N+](=O)[O-])cc2)OC[C@]1(C)O. The minimum atomic E-state index is -2.12. The van der Waals surface area contributed by atoms with Crippen LogP contribution in [-0.4, -0.2) is 205 Å². The normalized spacial score (nSPS) is 24.8. The first-order valence-electron chi connectivity index (χ1n) is 27.8. The van der Waals surface area contributed by atoms with E-state index in [1.54, 1.807) is 20.8 Å². The van der Waals surface area contributed by atoms with Gasteiger partial charge in [0.2, 0.25) is 12.2 Å². The third-order valence-corrected chi connectivity index (χ3v) is 14.0. The Kier molecular flexibility index (Phi) is 24.8. The monoisotopic (exact) mass is 1260 g/mol. The lowest BCUT2D eigenvalue weighted by Crippen LogP contribution is -2.70. The summed E-state index contributed by atoms with van der Waals surface area (Å²) < 4.78 is 46.6. The molecule has 5 amide bonds. The van der Waals surface area contributed by atoms with Gasteiger partial charge in [-0.15, -0.1) is 0 Å². The van der Waals surface area contributed by atoms with Crippen LogP contribution in [0.4, 0.5) is 36.2 Å². The summed E-state index contributed by atoms with van der Waals surface area (Å²) in [5.74, 6) is -1.01. The molecule has 0 radical (unpaired) electrons.